The lowest BCUT2D eigenvalue weighted by molar-refractivity contribution is -0.146. The van der Waals surface area contributed by atoms with Gasteiger partial charge in [-0.25, -0.2) is 0 Å². The largest absolute Gasteiger partial charge is 0.379 e. The van der Waals surface area contributed by atoms with Crippen molar-refractivity contribution in [2.75, 3.05) is 45.9 Å². The van der Waals surface area contributed by atoms with Gasteiger partial charge < -0.3 is 15.0 Å². The van der Waals surface area contributed by atoms with Crippen LogP contribution in [0.2, 0.25) is 0 Å². The van der Waals surface area contributed by atoms with Gasteiger partial charge in [-0.3, -0.25) is 14.5 Å². The molecule has 1 heterocycles. The van der Waals surface area contributed by atoms with E-state index in [1.54, 1.807) is 4.90 Å². The Morgan fingerprint density at radius 3 is 2.57 bits per heavy atom. The molecule has 0 bridgehead atoms. The van der Waals surface area contributed by atoms with Crippen molar-refractivity contribution >= 4 is 11.8 Å². The molecule has 23 heavy (non-hydrogen) atoms. The summed E-state index contributed by atoms with van der Waals surface area (Å²) in [5.41, 5.74) is 1.02. The topological polar surface area (TPSA) is 61.9 Å². The molecule has 1 aliphatic rings. The number of hydrogen-bond acceptors (Lipinski definition) is 4. The van der Waals surface area contributed by atoms with Crippen LogP contribution in [0.5, 0.6) is 0 Å². The number of rotatable bonds is 6. The Balaban J connectivity index is 1.76. The van der Waals surface area contributed by atoms with E-state index in [1.165, 1.54) is 0 Å². The minimum absolute atomic E-state index is 0.451. The van der Waals surface area contributed by atoms with Crippen LogP contribution in [0, 0.1) is 0 Å². The Kier molecular flexibility index (Phi) is 7.03. The molecule has 0 aromatic heterocycles. The van der Waals surface area contributed by atoms with Crippen LogP contribution < -0.4 is 5.32 Å². The second-order valence-corrected chi connectivity index (χ2v) is 5.51. The first-order valence-corrected chi connectivity index (χ1v) is 8.12. The van der Waals surface area contributed by atoms with Gasteiger partial charge in [0.15, 0.2) is 0 Å². The smallest absolute Gasteiger partial charge is 0.312 e. The van der Waals surface area contributed by atoms with Gasteiger partial charge in [-0.15, -0.1) is 0 Å². The Labute approximate surface area is 137 Å². The molecule has 0 atom stereocenters. The minimum atomic E-state index is -0.531. The number of benzene rings is 1. The van der Waals surface area contributed by atoms with Crippen LogP contribution in [-0.2, 0) is 20.9 Å². The maximum atomic E-state index is 12.2. The average molecular weight is 319 g/mol. The van der Waals surface area contributed by atoms with E-state index in [2.05, 4.69) is 10.2 Å². The maximum Gasteiger partial charge on any atom is 0.312 e. The van der Waals surface area contributed by atoms with Gasteiger partial charge in [0.1, 0.15) is 0 Å². The molecule has 6 nitrogen and oxygen atoms in total. The summed E-state index contributed by atoms with van der Waals surface area (Å²) < 4.78 is 5.28. The summed E-state index contributed by atoms with van der Waals surface area (Å²) >= 11 is 0. The molecule has 1 fully saturated rings. The SMILES string of the molecule is CCN(Cc1ccccc1)C(=O)C(=O)NCCN1CCOCC1. The van der Waals surface area contributed by atoms with Gasteiger partial charge in [0.05, 0.1) is 13.2 Å². The van der Waals surface area contributed by atoms with E-state index in [0.29, 0.717) is 19.6 Å². The van der Waals surface area contributed by atoms with E-state index in [1.807, 2.05) is 37.3 Å². The number of carbonyl (C=O) groups is 2. The lowest BCUT2D eigenvalue weighted by atomic mass is 10.2. The highest BCUT2D eigenvalue weighted by Gasteiger charge is 2.20. The fourth-order valence-corrected chi connectivity index (χ4v) is 2.50. The van der Waals surface area contributed by atoms with Crippen molar-refractivity contribution in [1.29, 1.82) is 0 Å². The molecule has 0 aliphatic carbocycles. The Hall–Kier alpha value is -1.92. The van der Waals surface area contributed by atoms with Crippen molar-refractivity contribution in [3.8, 4) is 0 Å². The number of hydrogen-bond donors (Lipinski definition) is 1. The number of amides is 2. The van der Waals surface area contributed by atoms with E-state index in [4.69, 9.17) is 4.74 Å². The molecule has 126 valence electrons. The zero-order valence-corrected chi connectivity index (χ0v) is 13.7. The second-order valence-electron chi connectivity index (χ2n) is 5.51. The van der Waals surface area contributed by atoms with Gasteiger partial charge in [0, 0.05) is 39.3 Å². The molecule has 0 spiro atoms. The van der Waals surface area contributed by atoms with Crippen LogP contribution in [0.4, 0.5) is 0 Å². The minimum Gasteiger partial charge on any atom is -0.379 e. The zero-order valence-electron chi connectivity index (χ0n) is 13.7. The van der Waals surface area contributed by atoms with Crippen molar-refractivity contribution < 1.29 is 14.3 Å². The molecule has 0 radical (unpaired) electrons. The third-order valence-electron chi connectivity index (χ3n) is 3.90. The van der Waals surface area contributed by atoms with Crippen LogP contribution in [0.25, 0.3) is 0 Å². The summed E-state index contributed by atoms with van der Waals surface area (Å²) in [5.74, 6) is -1.01. The van der Waals surface area contributed by atoms with E-state index in [-0.39, 0.29) is 0 Å². The van der Waals surface area contributed by atoms with E-state index in [9.17, 15) is 9.59 Å². The summed E-state index contributed by atoms with van der Waals surface area (Å²) in [6.45, 7) is 7.26. The predicted molar refractivity (Wildman–Crippen MR) is 87.8 cm³/mol. The van der Waals surface area contributed by atoms with E-state index >= 15 is 0 Å². The van der Waals surface area contributed by atoms with Crippen molar-refractivity contribution in [3.05, 3.63) is 35.9 Å². The third kappa shape index (κ3) is 5.65. The Morgan fingerprint density at radius 2 is 1.91 bits per heavy atom. The molecule has 1 aromatic rings. The molecule has 2 rings (SSSR count). The van der Waals surface area contributed by atoms with Crippen LogP contribution in [0.3, 0.4) is 0 Å². The normalized spacial score (nSPS) is 15.2. The van der Waals surface area contributed by atoms with Gasteiger partial charge >= 0.3 is 11.8 Å². The number of morpholine rings is 1. The Bertz CT molecular complexity index is 501. The molecule has 1 aromatic carbocycles. The summed E-state index contributed by atoms with van der Waals surface area (Å²) in [6.07, 6.45) is 0. The Morgan fingerprint density at radius 1 is 1.22 bits per heavy atom. The summed E-state index contributed by atoms with van der Waals surface area (Å²) in [4.78, 5) is 28.0. The van der Waals surface area contributed by atoms with Crippen LogP contribution >= 0.6 is 0 Å². The molecular weight excluding hydrogens is 294 g/mol. The number of nitrogens with zero attached hydrogens (tertiary/aromatic N) is 2. The lowest BCUT2D eigenvalue weighted by Gasteiger charge is -2.26. The molecular formula is C17H25N3O3. The van der Waals surface area contributed by atoms with Gasteiger partial charge in [0.25, 0.3) is 0 Å². The highest BCUT2D eigenvalue weighted by molar-refractivity contribution is 6.34. The van der Waals surface area contributed by atoms with Gasteiger partial charge in [0.2, 0.25) is 0 Å². The molecule has 2 amide bonds. The number of ether oxygens (including phenoxy) is 1. The first kappa shape index (κ1) is 17.4. The third-order valence-corrected chi connectivity index (χ3v) is 3.90. The fourth-order valence-electron chi connectivity index (χ4n) is 2.50. The van der Waals surface area contributed by atoms with Gasteiger partial charge in [-0.1, -0.05) is 30.3 Å². The molecule has 1 aliphatic heterocycles. The highest BCUT2D eigenvalue weighted by atomic mass is 16.5. The van der Waals surface area contributed by atoms with Gasteiger partial charge in [-0.05, 0) is 12.5 Å². The van der Waals surface area contributed by atoms with Crippen LogP contribution in [-0.4, -0.2) is 67.6 Å². The van der Waals surface area contributed by atoms with E-state index < -0.39 is 11.8 Å². The molecule has 0 saturated carbocycles. The summed E-state index contributed by atoms with van der Waals surface area (Å²) in [6, 6.07) is 9.69. The first-order chi connectivity index (χ1) is 11.2. The van der Waals surface area contributed by atoms with Crippen molar-refractivity contribution in [1.82, 2.24) is 15.1 Å². The van der Waals surface area contributed by atoms with Gasteiger partial charge in [-0.2, -0.15) is 0 Å². The standard InChI is InChI=1S/C17H25N3O3/c1-2-20(14-15-6-4-3-5-7-15)17(22)16(21)18-8-9-19-10-12-23-13-11-19/h3-7H,2,8-14H2,1H3,(H,18,21). The summed E-state index contributed by atoms with van der Waals surface area (Å²) in [5, 5.41) is 2.72. The van der Waals surface area contributed by atoms with Crippen molar-refractivity contribution in [3.63, 3.8) is 0 Å². The molecule has 0 unspecified atom stereocenters. The lowest BCUT2D eigenvalue weighted by Crippen LogP contribution is -2.46. The number of carbonyl (C=O) groups excluding carboxylic acids is 2. The molecule has 6 heteroatoms. The van der Waals surface area contributed by atoms with Crippen LogP contribution in [0.1, 0.15) is 12.5 Å². The van der Waals surface area contributed by atoms with E-state index in [0.717, 1.165) is 38.4 Å². The second kappa shape index (κ2) is 9.27. The molecule has 1 N–H and O–H groups in total. The zero-order chi connectivity index (χ0) is 16.5. The van der Waals surface area contributed by atoms with Crippen LogP contribution in [0.15, 0.2) is 30.3 Å². The monoisotopic (exact) mass is 319 g/mol. The quantitative estimate of drug-likeness (QED) is 0.775. The highest BCUT2D eigenvalue weighted by Crippen LogP contribution is 2.04. The maximum absolute atomic E-state index is 12.2. The van der Waals surface area contributed by atoms with Crippen molar-refractivity contribution in [2.24, 2.45) is 0 Å². The number of nitrogens with one attached hydrogen (secondary N) is 1. The van der Waals surface area contributed by atoms with Crippen molar-refractivity contribution in [2.45, 2.75) is 13.5 Å². The number of likely N-dealkylation sites (N-methyl/N-ethyl adjacent to an activating group) is 1. The fraction of sp³-hybridized carbons (Fsp3) is 0.529. The summed E-state index contributed by atoms with van der Waals surface area (Å²) in [7, 11) is 0. The molecule has 1 saturated heterocycles. The average Bonchev–Trinajstić information content (AvgIpc) is 2.60. The first-order valence-electron chi connectivity index (χ1n) is 8.12. The predicted octanol–water partition coefficient (Wildman–Crippen LogP) is 0.484.